The Balaban J connectivity index is 4.30. The van der Waals surface area contributed by atoms with E-state index in [1.807, 2.05) is 0 Å². The molecule has 0 aliphatic carbocycles. The Labute approximate surface area is 517 Å². The van der Waals surface area contributed by atoms with Gasteiger partial charge < -0.3 is 14.2 Å². The van der Waals surface area contributed by atoms with Gasteiger partial charge in [-0.2, -0.15) is 0 Å². The molecule has 0 amide bonds. The average molecular weight is 1160 g/mol. The summed E-state index contributed by atoms with van der Waals surface area (Å²) in [5, 5.41) is 0. The first-order chi connectivity index (χ1) is 41.0. The normalized spacial score (nSPS) is 12.4. The van der Waals surface area contributed by atoms with Gasteiger partial charge >= 0.3 is 17.9 Å². The first kappa shape index (κ1) is 80.1. The number of rotatable bonds is 68. The summed E-state index contributed by atoms with van der Waals surface area (Å²) < 4.78 is 17.0. The Morgan fingerprint density at radius 3 is 0.687 bits per heavy atom. The molecule has 6 heteroatoms. The second-order valence-electron chi connectivity index (χ2n) is 24.8. The number of carbonyl (C=O) groups excluding carboxylic acids is 3. The molecule has 0 rings (SSSR count). The van der Waals surface area contributed by atoms with Crippen molar-refractivity contribution in [3.8, 4) is 0 Å². The van der Waals surface area contributed by atoms with Gasteiger partial charge in [0.05, 0.1) is 0 Å². The molecule has 83 heavy (non-hydrogen) atoms. The van der Waals surface area contributed by atoms with Crippen LogP contribution in [-0.2, 0) is 28.6 Å². The fraction of sp³-hybridized carbons (Fsp3) is 0.831. The van der Waals surface area contributed by atoms with E-state index in [-0.39, 0.29) is 31.1 Å². The molecule has 0 spiro atoms. The Hall–Kier alpha value is -2.89. The largest absolute Gasteiger partial charge is 0.462 e. The van der Waals surface area contributed by atoms with E-state index in [0.29, 0.717) is 19.3 Å². The number of ether oxygens (including phenoxy) is 3. The summed E-state index contributed by atoms with van der Waals surface area (Å²) in [6.45, 7) is 6.68. The number of hydrogen-bond acceptors (Lipinski definition) is 6. The van der Waals surface area contributed by atoms with Gasteiger partial charge in [-0.1, -0.05) is 326 Å². The summed E-state index contributed by atoms with van der Waals surface area (Å²) in [7, 11) is 0. The minimum Gasteiger partial charge on any atom is -0.462 e. The molecule has 0 aromatic rings. The van der Waals surface area contributed by atoms with Crippen LogP contribution >= 0.6 is 0 Å². The summed E-state index contributed by atoms with van der Waals surface area (Å²) in [6, 6.07) is 0. The van der Waals surface area contributed by atoms with E-state index in [2.05, 4.69) is 81.5 Å². The highest BCUT2D eigenvalue weighted by molar-refractivity contribution is 5.71. The molecule has 6 nitrogen and oxygen atoms in total. The van der Waals surface area contributed by atoms with Crippen molar-refractivity contribution in [1.82, 2.24) is 0 Å². The van der Waals surface area contributed by atoms with Gasteiger partial charge in [-0.3, -0.25) is 14.4 Å². The molecule has 0 fully saturated rings. The van der Waals surface area contributed by atoms with E-state index in [4.69, 9.17) is 14.2 Å². The molecule has 0 N–H and O–H groups in total. The predicted octanol–water partition coefficient (Wildman–Crippen LogP) is 25.5. The molecule has 0 heterocycles. The molecule has 0 saturated heterocycles. The maximum atomic E-state index is 13.0. The van der Waals surface area contributed by atoms with Crippen molar-refractivity contribution in [2.75, 3.05) is 13.2 Å². The minimum absolute atomic E-state index is 0.0760. The first-order valence-electron chi connectivity index (χ1n) is 36.8. The predicted molar refractivity (Wildman–Crippen MR) is 362 cm³/mol. The fourth-order valence-corrected chi connectivity index (χ4v) is 10.9. The van der Waals surface area contributed by atoms with Crippen molar-refractivity contribution in [3.63, 3.8) is 0 Å². The second kappa shape index (κ2) is 71.6. The zero-order valence-electron chi connectivity index (χ0n) is 55.7. The van der Waals surface area contributed by atoms with Crippen LogP contribution in [0.25, 0.3) is 0 Å². The zero-order chi connectivity index (χ0) is 59.9. The van der Waals surface area contributed by atoms with Crippen molar-refractivity contribution >= 4 is 17.9 Å². The van der Waals surface area contributed by atoms with E-state index in [1.54, 1.807) is 0 Å². The third-order valence-electron chi connectivity index (χ3n) is 16.5. The van der Waals surface area contributed by atoms with Crippen molar-refractivity contribution < 1.29 is 28.6 Å². The van der Waals surface area contributed by atoms with Gasteiger partial charge in [0.25, 0.3) is 0 Å². The molecule has 0 aliphatic heterocycles. The molecule has 0 radical (unpaired) electrons. The van der Waals surface area contributed by atoms with Crippen molar-refractivity contribution in [3.05, 3.63) is 60.8 Å². The lowest BCUT2D eigenvalue weighted by Gasteiger charge is -2.18. The Morgan fingerprint density at radius 2 is 0.434 bits per heavy atom. The maximum absolute atomic E-state index is 13.0. The Kier molecular flexibility index (Phi) is 69.1. The lowest BCUT2D eigenvalue weighted by molar-refractivity contribution is -0.167. The van der Waals surface area contributed by atoms with Crippen LogP contribution in [0, 0.1) is 0 Å². The summed E-state index contributed by atoms with van der Waals surface area (Å²) in [6.07, 6.45) is 92.5. The van der Waals surface area contributed by atoms with Gasteiger partial charge in [0.15, 0.2) is 6.10 Å². The number of hydrogen-bond donors (Lipinski definition) is 0. The molecule has 0 aromatic heterocycles. The van der Waals surface area contributed by atoms with E-state index >= 15 is 0 Å². The highest BCUT2D eigenvalue weighted by Gasteiger charge is 2.19. The number of unbranched alkanes of at least 4 members (excludes halogenated alkanes) is 47. The number of carbonyl (C=O) groups is 3. The lowest BCUT2D eigenvalue weighted by Crippen LogP contribution is -2.30. The summed E-state index contributed by atoms with van der Waals surface area (Å²) >= 11 is 0. The average Bonchev–Trinajstić information content (AvgIpc) is 3.49. The Morgan fingerprint density at radius 1 is 0.241 bits per heavy atom. The standard InChI is InChI=1S/C77H140O6/c1-4-7-10-13-16-19-22-25-28-30-32-34-36-38-40-42-44-46-49-52-55-58-61-64-67-70-76(79)82-73-74(72-81-75(78)69-66-63-60-57-54-51-48-27-24-21-18-15-12-9-6-3)83-77(80)71-68-65-62-59-56-53-50-47-45-43-41-39-37-35-33-31-29-26-23-20-17-14-11-8-5-2/h22,25,27,30-33,36,38,48,74H,4-21,23-24,26,28-29,34-35,37,39-47,49-73H2,1-3H3/b25-22-,32-30-,33-31-,38-36-,48-27-. The van der Waals surface area contributed by atoms with Crippen LogP contribution < -0.4 is 0 Å². The highest BCUT2D eigenvalue weighted by Crippen LogP contribution is 2.18. The smallest absolute Gasteiger partial charge is 0.306 e. The molecule has 0 aliphatic rings. The molecule has 1 unspecified atom stereocenters. The SMILES string of the molecule is CCCCCCC/C=C\C/C=C\C/C=C\CCCCCCCCCCCCC(=O)OCC(COC(=O)CCCCCCC/C=C\CCCCCCCC)OC(=O)CCCCCCCCCCCCCCC/C=C\CCCCCCCCCC. The van der Waals surface area contributed by atoms with Crippen LogP contribution in [-0.4, -0.2) is 37.2 Å². The molecule has 0 saturated carbocycles. The van der Waals surface area contributed by atoms with Crippen molar-refractivity contribution in [2.45, 2.75) is 399 Å². The van der Waals surface area contributed by atoms with Gasteiger partial charge in [-0.05, 0) is 109 Å². The second-order valence-corrected chi connectivity index (χ2v) is 24.8. The van der Waals surface area contributed by atoms with Gasteiger partial charge in [0.1, 0.15) is 13.2 Å². The van der Waals surface area contributed by atoms with Crippen molar-refractivity contribution in [1.29, 1.82) is 0 Å². The summed E-state index contributed by atoms with van der Waals surface area (Å²) in [5.41, 5.74) is 0. The molecular weight excluding hydrogens is 1020 g/mol. The summed E-state index contributed by atoms with van der Waals surface area (Å²) in [4.78, 5) is 38.5. The first-order valence-corrected chi connectivity index (χ1v) is 36.8. The highest BCUT2D eigenvalue weighted by atomic mass is 16.6. The quantitative estimate of drug-likeness (QED) is 0.0261. The molecule has 0 bridgehead atoms. The number of allylic oxidation sites excluding steroid dienone is 10. The van der Waals surface area contributed by atoms with Gasteiger partial charge in [-0.25, -0.2) is 0 Å². The molecule has 1 atom stereocenters. The van der Waals surface area contributed by atoms with Crippen LogP contribution in [0.3, 0.4) is 0 Å². The zero-order valence-corrected chi connectivity index (χ0v) is 55.7. The summed E-state index contributed by atoms with van der Waals surface area (Å²) in [5.74, 6) is -0.863. The van der Waals surface area contributed by atoms with Crippen molar-refractivity contribution in [2.24, 2.45) is 0 Å². The van der Waals surface area contributed by atoms with Crippen LogP contribution in [0.4, 0.5) is 0 Å². The number of esters is 3. The third kappa shape index (κ3) is 69.8. The molecule has 484 valence electrons. The molecule has 0 aromatic carbocycles. The van der Waals surface area contributed by atoms with E-state index in [1.165, 1.54) is 276 Å². The van der Waals surface area contributed by atoms with E-state index in [9.17, 15) is 14.4 Å². The van der Waals surface area contributed by atoms with E-state index < -0.39 is 6.10 Å². The molecular formula is C77H140O6. The van der Waals surface area contributed by atoms with Gasteiger partial charge in [0.2, 0.25) is 0 Å². The topological polar surface area (TPSA) is 78.9 Å². The van der Waals surface area contributed by atoms with Gasteiger partial charge in [0, 0.05) is 19.3 Å². The van der Waals surface area contributed by atoms with Crippen LogP contribution in [0.15, 0.2) is 60.8 Å². The van der Waals surface area contributed by atoms with E-state index in [0.717, 1.165) is 77.0 Å². The minimum atomic E-state index is -0.781. The monoisotopic (exact) mass is 1160 g/mol. The fourth-order valence-electron chi connectivity index (χ4n) is 10.9. The van der Waals surface area contributed by atoms with Crippen LogP contribution in [0.5, 0.6) is 0 Å². The maximum Gasteiger partial charge on any atom is 0.306 e. The third-order valence-corrected chi connectivity index (χ3v) is 16.5. The Bertz CT molecular complexity index is 1470. The van der Waals surface area contributed by atoms with Gasteiger partial charge in [-0.15, -0.1) is 0 Å². The van der Waals surface area contributed by atoms with Crippen LogP contribution in [0.1, 0.15) is 393 Å². The van der Waals surface area contributed by atoms with Crippen LogP contribution in [0.2, 0.25) is 0 Å². The lowest BCUT2D eigenvalue weighted by atomic mass is 10.0.